The molecule has 0 amide bonds. The number of rotatable bonds is 3. The Balaban J connectivity index is 1.16. The Morgan fingerprint density at radius 2 is 1.58 bits per heavy atom. The van der Waals surface area contributed by atoms with Crippen LogP contribution in [-0.2, 0) is 5.41 Å². The number of hydrogen-bond donors (Lipinski definition) is 0. The molecule has 3 heterocycles. The van der Waals surface area contributed by atoms with E-state index in [1.165, 1.54) is 76.8 Å². The van der Waals surface area contributed by atoms with Crippen LogP contribution in [0.15, 0.2) is 173 Å². The molecule has 2 heteroatoms. The minimum Gasteiger partial charge on any atom is -0.332 e. The molecular formula is C48H35NS. The number of anilines is 2. The molecule has 0 aromatic heterocycles. The van der Waals surface area contributed by atoms with Crippen molar-refractivity contribution in [3.05, 3.63) is 203 Å². The van der Waals surface area contributed by atoms with Gasteiger partial charge in [-0.3, -0.25) is 0 Å². The highest BCUT2D eigenvalue weighted by molar-refractivity contribution is 7.99. The maximum absolute atomic E-state index is 3.79. The maximum Gasteiger partial charge on any atom is 0.0676 e. The van der Waals surface area contributed by atoms with Gasteiger partial charge in [0.1, 0.15) is 0 Å². The number of fused-ring (bicyclic) bond motifs is 11. The standard InChI is InChI=1S/C48H35NS/c1-3-32(30-35-15-5-4-14-31(35)2)33-26-28-34(29-27-33)36-17-12-22-42-47(36)50-45-25-11-8-20-40(45)48(42)39-19-7-10-24-44(39)49-43-23-9-6-16-37(43)38-18-13-21-41(48)46(38)49/h3-11,13-21,23-31,41,46H,1-2H3/b32-3+,35-30-. The second-order valence-corrected chi connectivity index (χ2v) is 14.9. The second-order valence-electron chi connectivity index (χ2n) is 13.8. The van der Waals surface area contributed by atoms with Crippen LogP contribution in [0.25, 0.3) is 22.3 Å². The normalized spacial score (nSPS) is 24.2. The molecule has 5 aliphatic rings. The number of hydrogen-bond acceptors (Lipinski definition) is 2. The van der Waals surface area contributed by atoms with Crippen molar-refractivity contribution in [3.8, 4) is 11.1 Å². The Morgan fingerprint density at radius 1 is 0.800 bits per heavy atom. The van der Waals surface area contributed by atoms with Gasteiger partial charge in [0, 0.05) is 43.8 Å². The van der Waals surface area contributed by atoms with Crippen LogP contribution in [-0.4, -0.2) is 6.04 Å². The number of benzene rings is 4. The number of para-hydroxylation sites is 2. The highest BCUT2D eigenvalue weighted by atomic mass is 32.2. The van der Waals surface area contributed by atoms with Crippen LogP contribution in [0, 0.1) is 24.0 Å². The zero-order valence-electron chi connectivity index (χ0n) is 28.1. The minimum atomic E-state index is -0.442. The van der Waals surface area contributed by atoms with Crippen molar-refractivity contribution in [1.29, 1.82) is 0 Å². The molecule has 2 aliphatic carbocycles. The summed E-state index contributed by atoms with van der Waals surface area (Å²) in [7, 11) is 0. The van der Waals surface area contributed by atoms with Gasteiger partial charge in [0.15, 0.2) is 0 Å². The predicted molar refractivity (Wildman–Crippen MR) is 209 cm³/mol. The van der Waals surface area contributed by atoms with Crippen LogP contribution >= 0.6 is 11.8 Å². The van der Waals surface area contributed by atoms with E-state index in [1.807, 2.05) is 11.8 Å². The molecule has 238 valence electrons. The summed E-state index contributed by atoms with van der Waals surface area (Å²) in [5, 5.41) is 0. The molecular weight excluding hydrogens is 623 g/mol. The molecule has 0 radical (unpaired) electrons. The van der Waals surface area contributed by atoms with Gasteiger partial charge in [0.05, 0.1) is 11.5 Å². The summed E-state index contributed by atoms with van der Waals surface area (Å²) >= 11 is 1.89. The van der Waals surface area contributed by atoms with E-state index in [9.17, 15) is 0 Å². The summed E-state index contributed by atoms with van der Waals surface area (Å²) < 4.78 is 0. The lowest BCUT2D eigenvalue weighted by molar-refractivity contribution is 0.385. The number of nitrogens with zero attached hydrogens (tertiary/aromatic N) is 1. The Kier molecular flexibility index (Phi) is 6.64. The second kappa shape index (κ2) is 11.3. The molecule has 0 fully saturated rings. The van der Waals surface area contributed by atoms with Crippen molar-refractivity contribution in [2.75, 3.05) is 4.90 Å². The van der Waals surface area contributed by atoms with E-state index in [0.29, 0.717) is 5.92 Å². The van der Waals surface area contributed by atoms with E-state index >= 15 is 0 Å². The fourth-order valence-electron chi connectivity index (χ4n) is 9.14. The van der Waals surface area contributed by atoms with Gasteiger partial charge in [-0.15, -0.1) is 0 Å². The van der Waals surface area contributed by atoms with Crippen LogP contribution in [0.2, 0.25) is 0 Å². The Bertz CT molecular complexity index is 2400. The van der Waals surface area contributed by atoms with Gasteiger partial charge in [0.2, 0.25) is 0 Å². The third-order valence-corrected chi connectivity index (χ3v) is 12.6. The van der Waals surface area contributed by atoms with Gasteiger partial charge < -0.3 is 4.90 Å². The van der Waals surface area contributed by atoms with Crippen molar-refractivity contribution in [3.63, 3.8) is 0 Å². The summed E-state index contributed by atoms with van der Waals surface area (Å²) in [4.78, 5) is 5.20. The van der Waals surface area contributed by atoms with E-state index in [1.54, 1.807) is 0 Å². The van der Waals surface area contributed by atoms with Crippen molar-refractivity contribution >= 4 is 34.3 Å². The first-order chi connectivity index (χ1) is 24.7. The maximum atomic E-state index is 3.79. The van der Waals surface area contributed by atoms with Crippen molar-refractivity contribution < 1.29 is 0 Å². The largest absolute Gasteiger partial charge is 0.332 e. The first kappa shape index (κ1) is 29.4. The third kappa shape index (κ3) is 4.05. The van der Waals surface area contributed by atoms with Crippen molar-refractivity contribution in [2.24, 2.45) is 11.8 Å². The minimum absolute atomic E-state index is 0.157. The van der Waals surface area contributed by atoms with Gasteiger partial charge in [-0.2, -0.15) is 0 Å². The average molecular weight is 658 g/mol. The molecule has 0 saturated carbocycles. The molecule has 50 heavy (non-hydrogen) atoms. The molecule has 5 aromatic carbocycles. The molecule has 5 aromatic rings. The lowest BCUT2D eigenvalue weighted by Gasteiger charge is -2.54. The molecule has 1 spiro atoms. The zero-order valence-corrected chi connectivity index (χ0v) is 28.9. The van der Waals surface area contributed by atoms with Crippen molar-refractivity contribution in [1.82, 2.24) is 0 Å². The van der Waals surface area contributed by atoms with Crippen LogP contribution in [0.5, 0.6) is 0 Å². The SMILES string of the molecule is C/C=C(\C=C1\C=CC=CC1C)c1ccc(-c2cc#cc3c2Sc2ccccc2C32c3ccccc3N3c4ccccc4C4=CC=CC2C43)cc1. The van der Waals surface area contributed by atoms with Gasteiger partial charge >= 0.3 is 0 Å². The lowest BCUT2D eigenvalue weighted by atomic mass is 9.56. The van der Waals surface area contributed by atoms with Gasteiger partial charge in [-0.25, -0.2) is 0 Å². The third-order valence-electron chi connectivity index (χ3n) is 11.4. The van der Waals surface area contributed by atoms with Crippen LogP contribution in [0.4, 0.5) is 11.4 Å². The van der Waals surface area contributed by atoms with Gasteiger partial charge in [-0.1, -0.05) is 164 Å². The molecule has 0 saturated heterocycles. The average Bonchev–Trinajstić information content (AvgIpc) is 3.51. The number of allylic oxidation sites excluding steroid dienone is 10. The fourth-order valence-corrected chi connectivity index (χ4v) is 10.4. The lowest BCUT2D eigenvalue weighted by Crippen LogP contribution is -2.53. The summed E-state index contributed by atoms with van der Waals surface area (Å²) in [5.41, 5.74) is 15.0. The Hall–Kier alpha value is -5.49. The van der Waals surface area contributed by atoms with E-state index in [-0.39, 0.29) is 12.0 Å². The summed E-state index contributed by atoms with van der Waals surface area (Å²) in [6.45, 7) is 4.39. The Morgan fingerprint density at radius 3 is 2.42 bits per heavy atom. The molecule has 3 aliphatic heterocycles. The van der Waals surface area contributed by atoms with Crippen LogP contribution < -0.4 is 4.90 Å². The summed E-state index contributed by atoms with van der Waals surface area (Å²) in [5.74, 6) is 0.564. The van der Waals surface area contributed by atoms with E-state index in [2.05, 4.69) is 189 Å². The molecule has 4 atom stereocenters. The quantitative estimate of drug-likeness (QED) is 0.190. The smallest absolute Gasteiger partial charge is 0.0676 e. The van der Waals surface area contributed by atoms with Crippen molar-refractivity contribution in [2.45, 2.75) is 35.1 Å². The van der Waals surface area contributed by atoms with E-state index < -0.39 is 5.41 Å². The topological polar surface area (TPSA) is 3.24 Å². The molecule has 10 rings (SSSR count). The van der Waals surface area contributed by atoms with Gasteiger partial charge in [0.25, 0.3) is 0 Å². The van der Waals surface area contributed by atoms with Crippen LogP contribution in [0.1, 0.15) is 41.7 Å². The molecule has 0 bridgehead atoms. The fraction of sp³-hybridized carbons (Fsp3) is 0.125. The van der Waals surface area contributed by atoms with E-state index in [4.69, 9.17) is 0 Å². The monoisotopic (exact) mass is 657 g/mol. The predicted octanol–water partition coefficient (Wildman–Crippen LogP) is 11.9. The first-order valence-corrected chi connectivity index (χ1v) is 18.4. The Labute approximate surface area is 299 Å². The zero-order chi connectivity index (χ0) is 33.4. The first-order valence-electron chi connectivity index (χ1n) is 17.6. The molecule has 0 N–H and O–H groups in total. The summed E-state index contributed by atoms with van der Waals surface area (Å²) in [6, 6.07) is 46.0. The van der Waals surface area contributed by atoms with Crippen LogP contribution in [0.3, 0.4) is 0 Å². The highest BCUT2D eigenvalue weighted by Crippen LogP contribution is 2.66. The summed E-state index contributed by atoms with van der Waals surface area (Å²) in [6.07, 6.45) is 20.4. The van der Waals surface area contributed by atoms with E-state index in [0.717, 1.165) is 0 Å². The van der Waals surface area contributed by atoms with Gasteiger partial charge in [-0.05, 0) is 76.1 Å². The molecule has 1 nitrogen and oxygen atoms in total. The highest BCUT2D eigenvalue weighted by Gasteiger charge is 2.59. The molecule has 4 unspecified atom stereocenters.